The van der Waals surface area contributed by atoms with Gasteiger partial charge in [0, 0.05) is 75.9 Å². The van der Waals surface area contributed by atoms with Crippen LogP contribution in [0.15, 0.2) is 47.4 Å². The van der Waals surface area contributed by atoms with Crippen LogP contribution in [0.5, 0.6) is 0 Å². The number of hydrogen-bond donors (Lipinski definition) is 1. The van der Waals surface area contributed by atoms with Crippen LogP contribution in [0, 0.1) is 6.92 Å². The Bertz CT molecular complexity index is 1090. The first-order valence-electron chi connectivity index (χ1n) is 12.7. The molecule has 2 heterocycles. The zero-order valence-corrected chi connectivity index (χ0v) is 22.2. The predicted molar refractivity (Wildman–Crippen MR) is 148 cm³/mol. The molecule has 2 fully saturated rings. The number of nitrogens with zero attached hydrogens (tertiary/aromatic N) is 3. The standard InChI is InChI=1S/C27H35F3N4O2S.CH4/c1-20-3-6-23(7-4-20)33-17-15-32(16-18-33)12-11-26(35)34-13-9-21(10-14-34)31-22-5-8-25(37(2)36)24(19-22)27(28,29)30;/h3-8,19,21,31H,9-18H2,1-2H3;1H4. The van der Waals surface area contributed by atoms with E-state index in [0.29, 0.717) is 38.0 Å². The molecule has 2 aliphatic rings. The van der Waals surface area contributed by atoms with Gasteiger partial charge in [0.05, 0.1) is 21.3 Å². The van der Waals surface area contributed by atoms with E-state index in [2.05, 4.69) is 46.3 Å². The maximum atomic E-state index is 13.4. The lowest BCUT2D eigenvalue weighted by Crippen LogP contribution is -2.48. The number of anilines is 2. The van der Waals surface area contributed by atoms with Gasteiger partial charge in [0.1, 0.15) is 0 Å². The van der Waals surface area contributed by atoms with Crippen LogP contribution in [0.1, 0.15) is 37.8 Å². The molecule has 2 aliphatic heterocycles. The molecule has 210 valence electrons. The molecule has 2 aromatic rings. The molecule has 4 rings (SSSR count). The lowest BCUT2D eigenvalue weighted by Gasteiger charge is -2.37. The molecule has 1 unspecified atom stereocenters. The second-order valence-electron chi connectivity index (χ2n) is 9.88. The molecule has 0 spiro atoms. The maximum Gasteiger partial charge on any atom is 0.417 e. The third kappa shape index (κ3) is 7.72. The molecule has 0 radical (unpaired) electrons. The van der Waals surface area contributed by atoms with Gasteiger partial charge in [-0.3, -0.25) is 13.9 Å². The van der Waals surface area contributed by atoms with Crippen LogP contribution >= 0.6 is 0 Å². The van der Waals surface area contributed by atoms with Gasteiger partial charge in [-0.05, 0) is 50.1 Å². The van der Waals surface area contributed by atoms with Crippen molar-refractivity contribution in [3.05, 3.63) is 53.6 Å². The van der Waals surface area contributed by atoms with E-state index in [-0.39, 0.29) is 24.3 Å². The van der Waals surface area contributed by atoms with E-state index in [1.807, 2.05) is 4.90 Å². The average Bonchev–Trinajstić information content (AvgIpc) is 2.88. The highest BCUT2D eigenvalue weighted by Crippen LogP contribution is 2.35. The number of alkyl halides is 3. The topological polar surface area (TPSA) is 55.9 Å². The number of hydrogen-bond acceptors (Lipinski definition) is 5. The van der Waals surface area contributed by atoms with Crippen molar-refractivity contribution in [2.45, 2.75) is 50.7 Å². The van der Waals surface area contributed by atoms with Gasteiger partial charge in [0.2, 0.25) is 5.91 Å². The summed E-state index contributed by atoms with van der Waals surface area (Å²) in [7, 11) is -1.73. The lowest BCUT2D eigenvalue weighted by atomic mass is 10.0. The van der Waals surface area contributed by atoms with Crippen LogP contribution in [-0.2, 0) is 21.8 Å². The predicted octanol–water partition coefficient (Wildman–Crippen LogP) is 5.00. The van der Waals surface area contributed by atoms with Crippen molar-refractivity contribution < 1.29 is 22.2 Å². The number of benzene rings is 2. The molecule has 0 aromatic heterocycles. The van der Waals surface area contributed by atoms with E-state index in [1.165, 1.54) is 23.6 Å². The van der Waals surface area contributed by atoms with E-state index >= 15 is 0 Å². The molecule has 6 nitrogen and oxygen atoms in total. The molecular formula is C28H39F3N4O2S. The van der Waals surface area contributed by atoms with Crippen molar-refractivity contribution in [2.24, 2.45) is 0 Å². The quantitative estimate of drug-likeness (QED) is 0.524. The van der Waals surface area contributed by atoms with Crippen molar-refractivity contribution in [1.82, 2.24) is 9.80 Å². The largest absolute Gasteiger partial charge is 0.417 e. The Kier molecular flexibility index (Phi) is 10.2. The van der Waals surface area contributed by atoms with Crippen LogP contribution < -0.4 is 10.2 Å². The fourth-order valence-corrected chi connectivity index (χ4v) is 5.74. The molecule has 10 heteroatoms. The number of amides is 1. The Morgan fingerprint density at radius 1 is 1.00 bits per heavy atom. The van der Waals surface area contributed by atoms with Gasteiger partial charge < -0.3 is 15.1 Å². The Hall–Kier alpha value is -2.59. The van der Waals surface area contributed by atoms with Crippen LogP contribution in [0.25, 0.3) is 0 Å². The lowest BCUT2D eigenvalue weighted by molar-refractivity contribution is -0.139. The molecule has 2 aromatic carbocycles. The van der Waals surface area contributed by atoms with Crippen molar-refractivity contribution in [1.29, 1.82) is 0 Å². The van der Waals surface area contributed by atoms with Crippen LogP contribution in [0.2, 0.25) is 0 Å². The highest BCUT2D eigenvalue weighted by atomic mass is 32.2. The summed E-state index contributed by atoms with van der Waals surface area (Å²) >= 11 is 0. The summed E-state index contributed by atoms with van der Waals surface area (Å²) in [5.41, 5.74) is 1.98. The molecule has 38 heavy (non-hydrogen) atoms. The van der Waals surface area contributed by atoms with Crippen molar-refractivity contribution in [3.8, 4) is 0 Å². The molecular weight excluding hydrogens is 513 g/mol. The van der Waals surface area contributed by atoms with Gasteiger partial charge in [-0.15, -0.1) is 0 Å². The smallest absolute Gasteiger partial charge is 0.382 e. The van der Waals surface area contributed by atoms with Crippen molar-refractivity contribution >= 4 is 28.1 Å². The van der Waals surface area contributed by atoms with Crippen molar-refractivity contribution in [3.63, 3.8) is 0 Å². The molecule has 1 N–H and O–H groups in total. The first kappa shape index (κ1) is 30.0. The molecule has 2 saturated heterocycles. The molecule has 1 amide bonds. The monoisotopic (exact) mass is 552 g/mol. The number of carbonyl (C=O) groups is 1. The van der Waals surface area contributed by atoms with Gasteiger partial charge in [0.25, 0.3) is 0 Å². The number of carbonyl (C=O) groups excluding carboxylic acids is 1. The number of likely N-dealkylation sites (tertiary alicyclic amines) is 1. The molecule has 0 saturated carbocycles. The van der Waals surface area contributed by atoms with Gasteiger partial charge in [-0.1, -0.05) is 25.1 Å². The SMILES string of the molecule is C.Cc1ccc(N2CCN(CCC(=O)N3CCC(Nc4ccc(S(C)=O)c(C(F)(F)F)c4)CC3)CC2)cc1. The average molecular weight is 553 g/mol. The maximum absolute atomic E-state index is 13.4. The van der Waals surface area contributed by atoms with Crippen LogP contribution in [-0.4, -0.2) is 78.0 Å². The number of aryl methyl sites for hydroxylation is 1. The minimum atomic E-state index is -4.57. The first-order chi connectivity index (χ1) is 17.6. The third-order valence-electron chi connectivity index (χ3n) is 7.23. The van der Waals surface area contributed by atoms with Crippen molar-refractivity contribution in [2.75, 3.05) is 62.3 Å². The second kappa shape index (κ2) is 13.0. The third-order valence-corrected chi connectivity index (χ3v) is 8.20. The van der Waals surface area contributed by atoms with E-state index in [9.17, 15) is 22.2 Å². The molecule has 1 atom stereocenters. The normalized spacial score (nSPS) is 18.1. The van der Waals surface area contributed by atoms with E-state index < -0.39 is 22.5 Å². The number of halogens is 3. The molecule has 0 aliphatic carbocycles. The highest BCUT2D eigenvalue weighted by molar-refractivity contribution is 7.84. The Labute approximate surface area is 226 Å². The summed E-state index contributed by atoms with van der Waals surface area (Å²) in [6.07, 6.45) is -1.50. The van der Waals surface area contributed by atoms with Crippen LogP contribution in [0.4, 0.5) is 24.5 Å². The van der Waals surface area contributed by atoms with Gasteiger partial charge >= 0.3 is 6.18 Å². The Morgan fingerprint density at radius 3 is 2.21 bits per heavy atom. The fourth-order valence-electron chi connectivity index (χ4n) is 5.00. The number of rotatable bonds is 7. The minimum absolute atomic E-state index is 0. The zero-order valence-electron chi connectivity index (χ0n) is 21.4. The summed E-state index contributed by atoms with van der Waals surface area (Å²) in [6.45, 7) is 7.74. The second-order valence-corrected chi connectivity index (χ2v) is 11.2. The number of piperidine rings is 1. The van der Waals surface area contributed by atoms with Gasteiger partial charge in [0.15, 0.2) is 0 Å². The molecule has 0 bridgehead atoms. The summed E-state index contributed by atoms with van der Waals surface area (Å²) in [6, 6.07) is 12.4. The highest BCUT2D eigenvalue weighted by Gasteiger charge is 2.35. The zero-order chi connectivity index (χ0) is 26.6. The fraction of sp³-hybridized carbons (Fsp3) is 0.536. The number of nitrogens with one attached hydrogen (secondary N) is 1. The summed E-state index contributed by atoms with van der Waals surface area (Å²) in [5.74, 6) is 0.133. The van der Waals surface area contributed by atoms with Crippen LogP contribution in [0.3, 0.4) is 0 Å². The summed E-state index contributed by atoms with van der Waals surface area (Å²) in [5, 5.41) is 3.17. The Morgan fingerprint density at radius 2 is 1.63 bits per heavy atom. The minimum Gasteiger partial charge on any atom is -0.382 e. The van der Waals surface area contributed by atoms with Gasteiger partial charge in [-0.25, -0.2) is 0 Å². The summed E-state index contributed by atoms with van der Waals surface area (Å²) in [4.78, 5) is 19.2. The van der Waals surface area contributed by atoms with Gasteiger partial charge in [-0.2, -0.15) is 13.2 Å². The van der Waals surface area contributed by atoms with E-state index in [0.717, 1.165) is 38.8 Å². The van der Waals surface area contributed by atoms with E-state index in [1.54, 1.807) is 6.07 Å². The Balaban J connectivity index is 0.00000400. The number of piperazine rings is 1. The van der Waals surface area contributed by atoms with E-state index in [4.69, 9.17) is 0 Å². The first-order valence-corrected chi connectivity index (χ1v) is 14.3. The summed E-state index contributed by atoms with van der Waals surface area (Å²) < 4.78 is 51.9.